The summed E-state index contributed by atoms with van der Waals surface area (Å²) >= 11 is 0. The summed E-state index contributed by atoms with van der Waals surface area (Å²) in [5, 5.41) is 9.52. The molecule has 21 aliphatic rings. The molecule has 548 valence electrons. The molecule has 2 aromatic heterocycles. The van der Waals surface area contributed by atoms with Gasteiger partial charge in [0.05, 0.1) is 5.56 Å². The van der Waals surface area contributed by atoms with Crippen LogP contribution in [0.4, 0.5) is 67.1 Å². The lowest BCUT2D eigenvalue weighted by Gasteiger charge is -2.42. The van der Waals surface area contributed by atoms with Crippen LogP contribution in [0.2, 0.25) is 0 Å². The van der Waals surface area contributed by atoms with E-state index >= 15 is 67.1 Å². The van der Waals surface area contributed by atoms with Gasteiger partial charge in [0.1, 0.15) is 93.4 Å². The van der Waals surface area contributed by atoms with E-state index in [1.165, 1.54) is 137 Å². The Morgan fingerprint density at radius 3 is 0.570 bits per heavy atom. The van der Waals surface area contributed by atoms with E-state index in [4.69, 9.17) is 0 Å². The molecule has 21 fully saturated rings. The predicted octanol–water partition coefficient (Wildman–Crippen LogP) is -4.55. The van der Waals surface area contributed by atoms with Crippen molar-refractivity contribution in [3.63, 3.8) is 0 Å². The maximum absolute atomic E-state index is 15.3. The first-order chi connectivity index (χ1) is 51.7. The van der Waals surface area contributed by atoms with Crippen molar-refractivity contribution in [1.82, 2.24) is 137 Å². The van der Waals surface area contributed by atoms with E-state index in [1.807, 2.05) is 82.5 Å². The van der Waals surface area contributed by atoms with Crippen molar-refractivity contribution in [2.75, 3.05) is 93.4 Å². The minimum atomic E-state index is -1.23. The molecule has 1 N–H and O–H groups in total. The van der Waals surface area contributed by atoms with E-state index in [-0.39, 0.29) is 0 Å². The third-order valence-electron chi connectivity index (χ3n) is 25.6. The van der Waals surface area contributed by atoms with Gasteiger partial charge >= 0.3 is 90.4 Å². The van der Waals surface area contributed by atoms with Crippen LogP contribution in [-0.4, -0.2) is 412 Å². The van der Waals surface area contributed by atoms with Crippen molar-refractivity contribution >= 4 is 90.4 Å². The first kappa shape index (κ1) is 59.2. The molecular weight excluding hydrogens is 1410 g/mol. The Hall–Kier alpha value is -13.2. The van der Waals surface area contributed by atoms with E-state index in [0.717, 1.165) is 11.1 Å². The number of carboxylic acids is 1. The summed E-state index contributed by atoms with van der Waals surface area (Å²) < 4.78 is 3.99. The molecule has 21 aliphatic heterocycles. The van der Waals surface area contributed by atoms with E-state index in [9.17, 15) is 9.90 Å². The summed E-state index contributed by atoms with van der Waals surface area (Å²) in [5.41, 5.74) is 2.13. The fraction of sp³-hybridized carbons (Fsp3) is 0.492. The number of pyridine rings is 2. The number of benzene rings is 1. The fourth-order valence-electron chi connectivity index (χ4n) is 21.2. The smallest absolute Gasteiger partial charge is 0.336 e. The van der Waals surface area contributed by atoms with Gasteiger partial charge in [0.25, 0.3) is 0 Å². The van der Waals surface area contributed by atoms with Crippen molar-refractivity contribution in [1.29, 1.82) is 0 Å². The molecule has 3 aromatic rings. The summed E-state index contributed by atoms with van der Waals surface area (Å²) in [6, 6.07) is 7.39. The standard InChI is InChI=1S/C42H42N28O14.C19H17N2O2/c71-29-43-1-44-16-18-48(30(44)72)4-52-20-22-56(34(52)76)8-60-24-26-64(38(60)80)12-68-28-27-67(41(68)83)11-63-25-23-59(37(63)79)7-55-21-19-51(33(55)75)3-47(29)17-15(43)45-2-46(16)32(74)50(18)6-54(20)36(78)58(22)10-62(24)40(82)66(26)14-70(28)42(84)69(27)13-65(25)39(81)61(23)9-57(21)35(77)53(19)5-49(17)31(45)73;22-19(23)18-13-16(14-20-9-3-1-4-10-20)7-8-17(18)15-21-11-5-2-6-12-21/h15-28H,1-14H2;1-13H,14-15H2/q;+1/p+1. The predicted molar refractivity (Wildman–Crippen MR) is 333 cm³/mol. The van der Waals surface area contributed by atoms with Crippen LogP contribution in [0.5, 0.6) is 0 Å². The lowest BCUT2D eigenvalue weighted by molar-refractivity contribution is -0.689. The minimum Gasteiger partial charge on any atom is -0.478 e. The first-order valence-electron chi connectivity index (χ1n) is 35.0. The van der Waals surface area contributed by atoms with Gasteiger partial charge in [0.15, 0.2) is 124 Å². The Kier molecular flexibility index (Phi) is 10.6. The highest BCUT2D eigenvalue weighted by atomic mass is 16.4. The Labute approximate surface area is 600 Å². The molecule has 46 nitrogen and oxygen atoms in total. The SMILES string of the molecule is O=C(O)c1cc(C[n+]2ccccc2)ccc1C[n+]1ccccc1.O=C1N2CN3C(=O)N4CN5C(=O)N6CN7C(=O)N8CN9C(=O)N%10CN%11C(=O)N%12CN%13C(=O)N%14CN1C1C2N2CN%15C(=O)N(CN%16C(=O)N(CN%17C(=O)N(CN%18C(=O)N(CN%19C(=O)N(CN%20C(=O)N(CN1C2=O)C%14C%13%20)C%12C%11%19)C%10C9%18)C8C7%17)C6C5%16)C4C3%15. The fourth-order valence-corrected chi connectivity index (χ4v) is 21.2. The number of aromatic nitrogens is 2. The monoisotopic (exact) mass is 1470 g/mol. The number of urea groups is 14. The van der Waals surface area contributed by atoms with Gasteiger partial charge in [-0.05, 0) is 6.07 Å². The second-order valence-corrected chi connectivity index (χ2v) is 30.3. The lowest BCUT2D eigenvalue weighted by Crippen LogP contribution is -2.63. The number of hydrogen-bond acceptors (Lipinski definition) is 15. The molecule has 24 rings (SSSR count). The number of nitrogens with zero attached hydrogens (tertiary/aromatic N) is 30. The van der Waals surface area contributed by atoms with Crippen LogP contribution in [0.25, 0.3) is 0 Å². The lowest BCUT2D eigenvalue weighted by atomic mass is 10.0. The van der Waals surface area contributed by atoms with Gasteiger partial charge in [-0.15, -0.1) is 0 Å². The second kappa shape index (κ2) is 19.2. The highest BCUT2D eigenvalue weighted by Crippen LogP contribution is 2.53. The summed E-state index contributed by atoms with van der Waals surface area (Å²) in [6.45, 7) is -5.90. The van der Waals surface area contributed by atoms with Crippen LogP contribution in [0.1, 0.15) is 21.5 Å². The molecule has 0 atom stereocenters. The van der Waals surface area contributed by atoms with Crippen LogP contribution in [0, 0.1) is 0 Å². The molecule has 0 radical (unpaired) electrons. The van der Waals surface area contributed by atoms with Gasteiger partial charge in [0, 0.05) is 35.4 Å². The Balaban J connectivity index is 0.000000253. The maximum Gasteiger partial charge on any atom is 0.336 e. The zero-order chi connectivity index (χ0) is 72.3. The molecule has 0 bridgehead atoms. The van der Waals surface area contributed by atoms with Gasteiger partial charge in [-0.2, -0.15) is 0 Å². The number of carbonyl (C=O) groups is 15. The van der Waals surface area contributed by atoms with E-state index in [2.05, 4.69) is 0 Å². The Morgan fingerprint density at radius 2 is 0.411 bits per heavy atom. The zero-order valence-electron chi connectivity index (χ0n) is 55.9. The molecule has 21 saturated heterocycles. The normalized spacial score (nSPS) is 33.9. The van der Waals surface area contributed by atoms with Crippen molar-refractivity contribution in [2.24, 2.45) is 0 Å². The molecule has 1 aromatic carbocycles. The molecule has 28 amide bonds. The van der Waals surface area contributed by atoms with Gasteiger partial charge < -0.3 is 5.11 Å². The molecule has 23 heterocycles. The van der Waals surface area contributed by atoms with Crippen LogP contribution in [0.3, 0.4) is 0 Å². The van der Waals surface area contributed by atoms with Crippen molar-refractivity contribution in [3.05, 3.63) is 96.1 Å². The van der Waals surface area contributed by atoms with E-state index in [1.54, 1.807) is 6.07 Å². The number of carboxylic acid groups (broad SMARTS) is 1. The highest BCUT2D eigenvalue weighted by Gasteiger charge is 2.77. The zero-order valence-corrected chi connectivity index (χ0v) is 55.9. The molecule has 107 heavy (non-hydrogen) atoms. The Bertz CT molecular complexity index is 3820. The van der Waals surface area contributed by atoms with E-state index in [0.29, 0.717) is 18.7 Å². The third-order valence-corrected chi connectivity index (χ3v) is 25.6. The average molecular weight is 1470 g/mol. The summed E-state index contributed by atoms with van der Waals surface area (Å²) in [6.07, 6.45) is -9.40. The number of amides is 28. The van der Waals surface area contributed by atoms with Crippen molar-refractivity contribution in [2.45, 2.75) is 99.4 Å². The highest BCUT2D eigenvalue weighted by molar-refractivity contribution is 5.96. The number of hydrogen-bond donors (Lipinski definition) is 1. The molecular formula is C61H60N30O16+2. The largest absolute Gasteiger partial charge is 0.478 e. The van der Waals surface area contributed by atoms with Crippen molar-refractivity contribution in [3.8, 4) is 0 Å². The molecule has 0 spiro atoms. The topological polar surface area (TPSA) is 375 Å². The quantitative estimate of drug-likeness (QED) is 0.235. The van der Waals surface area contributed by atoms with Gasteiger partial charge in [-0.25, -0.2) is 81.1 Å². The van der Waals surface area contributed by atoms with Gasteiger partial charge in [-0.3, -0.25) is 137 Å². The van der Waals surface area contributed by atoms with Crippen LogP contribution in [-0.2, 0) is 13.1 Å². The van der Waals surface area contributed by atoms with Gasteiger partial charge in [-0.1, -0.05) is 24.3 Å². The molecule has 0 aliphatic carbocycles. The molecule has 46 heteroatoms. The number of rotatable bonds is 5. The van der Waals surface area contributed by atoms with Crippen LogP contribution in [0.15, 0.2) is 79.4 Å². The molecule has 0 unspecified atom stereocenters. The van der Waals surface area contributed by atoms with Crippen LogP contribution >= 0.6 is 0 Å². The minimum absolute atomic E-state index is 0.357. The summed E-state index contributed by atoms with van der Waals surface area (Å²) in [7, 11) is 0. The second-order valence-electron chi connectivity index (χ2n) is 30.3. The van der Waals surface area contributed by atoms with Crippen LogP contribution < -0.4 is 9.13 Å². The number of aromatic carboxylic acids is 1. The first-order valence-corrected chi connectivity index (χ1v) is 35.0. The third kappa shape index (κ3) is 6.78. The number of carbonyl (C=O) groups excluding carboxylic acids is 14. The summed E-state index contributed by atoms with van der Waals surface area (Å²) in [4.78, 5) is 263. The average Bonchev–Trinajstić information content (AvgIpc) is 1.52. The van der Waals surface area contributed by atoms with E-state index < -0.39 is 270 Å². The Morgan fingerprint density at radius 1 is 0.252 bits per heavy atom. The van der Waals surface area contributed by atoms with Crippen molar-refractivity contribution < 1.29 is 86.2 Å². The summed E-state index contributed by atoms with van der Waals surface area (Å²) in [5.74, 6) is -0.892. The van der Waals surface area contributed by atoms with Gasteiger partial charge in [0.2, 0.25) is 0 Å². The molecule has 0 saturated carbocycles. The maximum atomic E-state index is 15.3.